The van der Waals surface area contributed by atoms with Gasteiger partial charge in [-0.05, 0) is 25.7 Å². The summed E-state index contributed by atoms with van der Waals surface area (Å²) in [6, 6.07) is 0. The van der Waals surface area contributed by atoms with Gasteiger partial charge in [0.1, 0.15) is 5.78 Å². The molecule has 1 saturated heterocycles. The SMILES string of the molecule is CCCCCCCCCCCCCCOCC(COP(O)OCCCC[NH+]1CCCC1)CC(=O)CCC. The Labute approximate surface area is 230 Å². The molecule has 0 saturated carbocycles. The van der Waals surface area contributed by atoms with Gasteiger partial charge in [-0.2, -0.15) is 0 Å². The second-order valence-electron chi connectivity index (χ2n) is 11.1. The fourth-order valence-electron chi connectivity index (χ4n) is 5.12. The number of unbranched alkanes of at least 4 members (excludes halogenated alkanes) is 12. The van der Waals surface area contributed by atoms with E-state index in [1.54, 1.807) is 4.90 Å². The van der Waals surface area contributed by atoms with Crippen LogP contribution in [0.25, 0.3) is 0 Å². The molecule has 0 aliphatic carbocycles. The molecular weight excluding hydrogens is 485 g/mol. The Morgan fingerprint density at radius 3 is 1.97 bits per heavy atom. The number of carbonyl (C=O) groups excluding carboxylic acids is 1. The van der Waals surface area contributed by atoms with E-state index < -0.39 is 8.60 Å². The Morgan fingerprint density at radius 1 is 0.757 bits per heavy atom. The predicted octanol–water partition coefficient (Wildman–Crippen LogP) is 6.79. The van der Waals surface area contributed by atoms with E-state index in [2.05, 4.69) is 6.92 Å². The van der Waals surface area contributed by atoms with E-state index in [0.29, 0.717) is 32.7 Å². The lowest BCUT2D eigenvalue weighted by Gasteiger charge is -2.18. The summed E-state index contributed by atoms with van der Waals surface area (Å²) in [7, 11) is -1.88. The molecule has 2 N–H and O–H groups in total. The lowest BCUT2D eigenvalue weighted by atomic mass is 10.0. The van der Waals surface area contributed by atoms with Crippen molar-refractivity contribution in [2.45, 2.75) is 136 Å². The van der Waals surface area contributed by atoms with Gasteiger partial charge in [0, 0.05) is 38.2 Å². The molecule has 1 aliphatic heterocycles. The normalized spacial score (nSPS) is 15.9. The van der Waals surface area contributed by atoms with Gasteiger partial charge in [0.05, 0.1) is 39.5 Å². The minimum Gasteiger partial charge on any atom is -0.381 e. The first kappa shape index (κ1) is 34.9. The Morgan fingerprint density at radius 2 is 1.35 bits per heavy atom. The third kappa shape index (κ3) is 22.4. The number of Topliss-reactive ketones (excluding diaryl/α,β-unsaturated/α-hetero) is 1. The largest absolute Gasteiger partial charge is 0.381 e. The highest BCUT2D eigenvalue weighted by Crippen LogP contribution is 2.34. The van der Waals surface area contributed by atoms with Gasteiger partial charge in [0.2, 0.25) is 0 Å². The molecule has 0 bridgehead atoms. The van der Waals surface area contributed by atoms with Crippen LogP contribution < -0.4 is 4.90 Å². The lowest BCUT2D eigenvalue weighted by molar-refractivity contribution is -0.887. The van der Waals surface area contributed by atoms with Crippen molar-refractivity contribution in [3.8, 4) is 0 Å². The molecule has 2 unspecified atom stereocenters. The molecule has 0 aromatic carbocycles. The number of nitrogens with one attached hydrogen (secondary N) is 1. The third-order valence-electron chi connectivity index (χ3n) is 7.40. The van der Waals surface area contributed by atoms with Crippen LogP contribution in [0.4, 0.5) is 0 Å². The van der Waals surface area contributed by atoms with Crippen LogP contribution in [0, 0.1) is 5.92 Å². The summed E-state index contributed by atoms with van der Waals surface area (Å²) in [5.74, 6) is 0.230. The second-order valence-corrected chi connectivity index (χ2v) is 12.1. The first-order valence-electron chi connectivity index (χ1n) is 15.8. The number of likely N-dealkylation sites (tertiary alicyclic amines) is 1. The summed E-state index contributed by atoms with van der Waals surface area (Å²) in [6.45, 7) is 10.2. The molecule has 2 atom stereocenters. The zero-order valence-corrected chi connectivity index (χ0v) is 25.4. The lowest BCUT2D eigenvalue weighted by Crippen LogP contribution is -3.09. The van der Waals surface area contributed by atoms with Crippen LogP contribution in [0.3, 0.4) is 0 Å². The van der Waals surface area contributed by atoms with Crippen LogP contribution in [-0.4, -0.2) is 56.7 Å². The second kappa shape index (κ2) is 26.1. The molecule has 0 spiro atoms. The average molecular weight is 547 g/mol. The van der Waals surface area contributed by atoms with Crippen LogP contribution in [0.5, 0.6) is 0 Å². The molecule has 0 radical (unpaired) electrons. The van der Waals surface area contributed by atoms with Crippen LogP contribution in [0.15, 0.2) is 0 Å². The zero-order chi connectivity index (χ0) is 26.8. The van der Waals surface area contributed by atoms with E-state index in [1.807, 2.05) is 6.92 Å². The Hall–Kier alpha value is -0.100. The smallest absolute Gasteiger partial charge is 0.329 e. The molecule has 7 heteroatoms. The van der Waals surface area contributed by atoms with E-state index in [0.717, 1.165) is 32.3 Å². The Balaban J connectivity index is 2.05. The monoisotopic (exact) mass is 546 g/mol. The number of ketones is 1. The van der Waals surface area contributed by atoms with Gasteiger partial charge in [0.15, 0.2) is 0 Å². The fourth-order valence-corrected chi connectivity index (χ4v) is 5.81. The number of quaternary nitrogens is 1. The standard InChI is InChI=1S/C30H60NO5P/c1-3-5-6-7-8-9-10-11-12-13-14-18-24-34-27-29(26-30(32)20-4-2)28-36-37(33)35-25-19-17-23-31-21-15-16-22-31/h29,33H,3-28H2,1-2H3/p+1. The highest BCUT2D eigenvalue weighted by Gasteiger charge is 2.18. The van der Waals surface area contributed by atoms with Crippen LogP contribution in [0.1, 0.15) is 136 Å². The summed E-state index contributed by atoms with van der Waals surface area (Å²) in [4.78, 5) is 24.0. The Kier molecular flexibility index (Phi) is 24.7. The number of carbonyl (C=O) groups is 1. The Bertz CT molecular complexity index is 504. The van der Waals surface area contributed by atoms with E-state index in [1.165, 1.54) is 103 Å². The zero-order valence-electron chi connectivity index (χ0n) is 24.5. The predicted molar refractivity (Wildman–Crippen MR) is 155 cm³/mol. The van der Waals surface area contributed by atoms with Crippen molar-refractivity contribution in [2.75, 3.05) is 46.1 Å². The van der Waals surface area contributed by atoms with E-state index >= 15 is 0 Å². The summed E-state index contributed by atoms with van der Waals surface area (Å²) in [6.07, 6.45) is 22.7. The fraction of sp³-hybridized carbons (Fsp3) is 0.967. The van der Waals surface area contributed by atoms with E-state index in [-0.39, 0.29) is 11.7 Å². The summed E-state index contributed by atoms with van der Waals surface area (Å²) in [5, 5.41) is 0. The van der Waals surface area contributed by atoms with Crippen molar-refractivity contribution >= 4 is 14.4 Å². The van der Waals surface area contributed by atoms with Gasteiger partial charge < -0.3 is 23.6 Å². The topological polar surface area (TPSA) is 69.4 Å². The van der Waals surface area contributed by atoms with Crippen LogP contribution >= 0.6 is 8.60 Å². The maximum atomic E-state index is 12.2. The van der Waals surface area contributed by atoms with Gasteiger partial charge in [0.25, 0.3) is 0 Å². The van der Waals surface area contributed by atoms with E-state index in [9.17, 15) is 9.69 Å². The van der Waals surface area contributed by atoms with Gasteiger partial charge >= 0.3 is 8.60 Å². The van der Waals surface area contributed by atoms with Crippen LogP contribution in [0.2, 0.25) is 0 Å². The van der Waals surface area contributed by atoms with Crippen molar-refractivity contribution in [3.63, 3.8) is 0 Å². The molecule has 1 rings (SSSR count). The van der Waals surface area contributed by atoms with Gasteiger partial charge in [-0.1, -0.05) is 84.5 Å². The molecule has 6 nitrogen and oxygen atoms in total. The minimum atomic E-state index is -1.88. The van der Waals surface area contributed by atoms with Crippen molar-refractivity contribution < 1.29 is 28.4 Å². The van der Waals surface area contributed by atoms with Gasteiger partial charge in [-0.15, -0.1) is 0 Å². The van der Waals surface area contributed by atoms with Gasteiger partial charge in [-0.25, -0.2) is 0 Å². The molecule has 220 valence electrons. The molecule has 37 heavy (non-hydrogen) atoms. The average Bonchev–Trinajstić information content (AvgIpc) is 3.41. The maximum absolute atomic E-state index is 12.2. The first-order valence-corrected chi connectivity index (χ1v) is 17.0. The number of rotatable bonds is 28. The molecule has 1 fully saturated rings. The van der Waals surface area contributed by atoms with Gasteiger partial charge in [-0.3, -0.25) is 4.79 Å². The quantitative estimate of drug-likeness (QED) is 0.0835. The molecule has 1 aliphatic rings. The molecular formula is C30H61NO5P+. The summed E-state index contributed by atoms with van der Waals surface area (Å²) in [5.41, 5.74) is 0. The molecule has 0 aromatic heterocycles. The van der Waals surface area contributed by atoms with E-state index in [4.69, 9.17) is 13.8 Å². The number of ether oxygens (including phenoxy) is 1. The third-order valence-corrected chi connectivity index (χ3v) is 8.17. The molecule has 1 heterocycles. The van der Waals surface area contributed by atoms with Crippen molar-refractivity contribution in [3.05, 3.63) is 0 Å². The number of hydrogen-bond donors (Lipinski definition) is 2. The van der Waals surface area contributed by atoms with Crippen molar-refractivity contribution in [1.29, 1.82) is 0 Å². The van der Waals surface area contributed by atoms with Crippen LogP contribution in [-0.2, 0) is 18.6 Å². The summed E-state index contributed by atoms with van der Waals surface area (Å²) < 4.78 is 17.0. The summed E-state index contributed by atoms with van der Waals surface area (Å²) >= 11 is 0. The van der Waals surface area contributed by atoms with Crippen molar-refractivity contribution in [2.24, 2.45) is 5.92 Å². The highest BCUT2D eigenvalue weighted by molar-refractivity contribution is 7.40. The number of hydrogen-bond acceptors (Lipinski definition) is 5. The first-order chi connectivity index (χ1) is 18.2. The highest BCUT2D eigenvalue weighted by atomic mass is 31.2. The molecule has 0 amide bonds. The van der Waals surface area contributed by atoms with Crippen molar-refractivity contribution in [1.82, 2.24) is 0 Å². The minimum absolute atomic E-state index is 0.0177. The maximum Gasteiger partial charge on any atom is 0.329 e. The molecule has 0 aromatic rings.